The van der Waals surface area contributed by atoms with Crippen LogP contribution in [0.4, 0.5) is 0 Å². The van der Waals surface area contributed by atoms with Crippen LogP contribution < -0.4 is 5.32 Å². The van der Waals surface area contributed by atoms with Crippen LogP contribution in [-0.2, 0) is 17.6 Å². The summed E-state index contributed by atoms with van der Waals surface area (Å²) in [6.07, 6.45) is 5.10. The van der Waals surface area contributed by atoms with Crippen molar-refractivity contribution in [2.75, 3.05) is 0 Å². The summed E-state index contributed by atoms with van der Waals surface area (Å²) < 4.78 is 0. The van der Waals surface area contributed by atoms with Gasteiger partial charge in [0.15, 0.2) is 5.78 Å². The predicted molar refractivity (Wildman–Crippen MR) is 99.6 cm³/mol. The van der Waals surface area contributed by atoms with Crippen LogP contribution in [0.1, 0.15) is 65.7 Å². The number of fused-ring (bicyclic) bond motifs is 1. The zero-order valence-corrected chi connectivity index (χ0v) is 14.8. The van der Waals surface area contributed by atoms with Gasteiger partial charge in [0.25, 0.3) is 0 Å². The minimum Gasteiger partial charge on any atom is -0.350 e. The number of aryl methyl sites for hydroxylation is 2. The summed E-state index contributed by atoms with van der Waals surface area (Å²) in [5, 5.41) is 2.96. The van der Waals surface area contributed by atoms with E-state index >= 15 is 0 Å². The highest BCUT2D eigenvalue weighted by Gasteiger charge is 2.15. The van der Waals surface area contributed by atoms with Crippen LogP contribution in [0.25, 0.3) is 0 Å². The van der Waals surface area contributed by atoms with Crippen LogP contribution in [0.15, 0.2) is 48.5 Å². The summed E-state index contributed by atoms with van der Waals surface area (Å²) in [7, 11) is 0. The molecule has 130 valence electrons. The molecule has 2 aromatic carbocycles. The van der Waals surface area contributed by atoms with Gasteiger partial charge in [-0.1, -0.05) is 42.5 Å². The average Bonchev–Trinajstić information content (AvgIpc) is 2.66. The van der Waals surface area contributed by atoms with Crippen LogP contribution in [0.5, 0.6) is 0 Å². The highest BCUT2D eigenvalue weighted by molar-refractivity contribution is 5.98. The lowest BCUT2D eigenvalue weighted by atomic mass is 9.89. The van der Waals surface area contributed by atoms with Gasteiger partial charge in [0.2, 0.25) is 5.91 Å². The third kappa shape index (κ3) is 4.56. The number of amides is 1. The molecule has 2 aromatic rings. The van der Waals surface area contributed by atoms with Crippen molar-refractivity contribution >= 4 is 11.7 Å². The molecule has 0 aromatic heterocycles. The van der Waals surface area contributed by atoms with E-state index < -0.39 is 0 Å². The van der Waals surface area contributed by atoms with Gasteiger partial charge in [0.05, 0.1) is 6.04 Å². The molecule has 0 saturated heterocycles. The van der Waals surface area contributed by atoms with Crippen molar-refractivity contribution in [1.82, 2.24) is 5.32 Å². The molecule has 0 radical (unpaired) electrons. The van der Waals surface area contributed by atoms with Crippen LogP contribution in [0.3, 0.4) is 0 Å². The predicted octanol–water partition coefficient (Wildman–Crippen LogP) is 4.41. The van der Waals surface area contributed by atoms with Gasteiger partial charge in [0.1, 0.15) is 0 Å². The van der Waals surface area contributed by atoms with E-state index in [0.29, 0.717) is 0 Å². The van der Waals surface area contributed by atoms with Gasteiger partial charge in [0, 0.05) is 18.4 Å². The number of hydrogen-bond donors (Lipinski definition) is 1. The third-order valence-corrected chi connectivity index (χ3v) is 4.93. The Hall–Kier alpha value is -2.42. The van der Waals surface area contributed by atoms with E-state index in [1.54, 1.807) is 0 Å². The van der Waals surface area contributed by atoms with E-state index in [2.05, 4.69) is 11.4 Å². The maximum atomic E-state index is 12.4. The number of nitrogens with one attached hydrogen (secondary N) is 1. The Balaban J connectivity index is 1.52. The van der Waals surface area contributed by atoms with Crippen molar-refractivity contribution in [3.05, 3.63) is 70.8 Å². The van der Waals surface area contributed by atoms with Crippen molar-refractivity contribution in [2.24, 2.45) is 0 Å². The summed E-state index contributed by atoms with van der Waals surface area (Å²) in [5.41, 5.74) is 4.48. The van der Waals surface area contributed by atoms with E-state index in [0.717, 1.165) is 24.0 Å². The molecule has 0 heterocycles. The van der Waals surface area contributed by atoms with E-state index in [1.165, 1.54) is 24.0 Å². The molecule has 3 nitrogen and oxygen atoms in total. The Kier molecular flexibility index (Phi) is 5.64. The van der Waals surface area contributed by atoms with Gasteiger partial charge >= 0.3 is 0 Å². The minimum atomic E-state index is -0.0809. The van der Waals surface area contributed by atoms with Gasteiger partial charge in [-0.3, -0.25) is 9.59 Å². The van der Waals surface area contributed by atoms with Crippen molar-refractivity contribution in [3.8, 4) is 0 Å². The van der Waals surface area contributed by atoms with Gasteiger partial charge in [-0.05, 0) is 55.4 Å². The number of rotatable bonds is 6. The monoisotopic (exact) mass is 335 g/mol. The molecule has 1 aliphatic rings. The second kappa shape index (κ2) is 8.11. The fourth-order valence-electron chi connectivity index (χ4n) is 3.42. The first kappa shape index (κ1) is 17.4. The number of hydrogen-bond acceptors (Lipinski definition) is 2. The summed E-state index contributed by atoms with van der Waals surface area (Å²) >= 11 is 0. The van der Waals surface area contributed by atoms with Crippen molar-refractivity contribution in [3.63, 3.8) is 0 Å². The van der Waals surface area contributed by atoms with Crippen LogP contribution in [0, 0.1) is 0 Å². The average molecular weight is 335 g/mol. The normalized spacial score (nSPS) is 14.4. The molecule has 0 unspecified atom stereocenters. The molecule has 0 aliphatic heterocycles. The molecule has 1 atom stereocenters. The molecule has 1 N–H and O–H groups in total. The van der Waals surface area contributed by atoms with E-state index in [-0.39, 0.29) is 30.6 Å². The zero-order chi connectivity index (χ0) is 17.6. The Morgan fingerprint density at radius 1 is 0.960 bits per heavy atom. The molecular weight excluding hydrogens is 310 g/mol. The van der Waals surface area contributed by atoms with Gasteiger partial charge in [-0.15, -0.1) is 0 Å². The highest BCUT2D eigenvalue weighted by Crippen LogP contribution is 2.23. The second-order valence-electron chi connectivity index (χ2n) is 6.81. The Labute approximate surface area is 149 Å². The SMILES string of the molecule is C[C@H](NC(=O)CCC(=O)c1ccc2c(c1)CCCC2)c1ccccc1. The van der Waals surface area contributed by atoms with Crippen molar-refractivity contribution in [1.29, 1.82) is 0 Å². The zero-order valence-electron chi connectivity index (χ0n) is 14.8. The Morgan fingerprint density at radius 3 is 2.44 bits per heavy atom. The molecule has 0 spiro atoms. The van der Waals surface area contributed by atoms with Gasteiger partial charge in [-0.2, -0.15) is 0 Å². The topological polar surface area (TPSA) is 46.2 Å². The second-order valence-corrected chi connectivity index (χ2v) is 6.81. The molecule has 25 heavy (non-hydrogen) atoms. The molecule has 1 amide bonds. The van der Waals surface area contributed by atoms with Crippen LogP contribution in [0.2, 0.25) is 0 Å². The number of Topliss-reactive ketones (excluding diaryl/α,β-unsaturated/α-hetero) is 1. The number of benzene rings is 2. The summed E-state index contributed by atoms with van der Waals surface area (Å²) in [6.45, 7) is 1.96. The van der Waals surface area contributed by atoms with Crippen LogP contribution in [-0.4, -0.2) is 11.7 Å². The maximum absolute atomic E-state index is 12.4. The number of carbonyl (C=O) groups is 2. The van der Waals surface area contributed by atoms with Crippen LogP contribution >= 0.6 is 0 Å². The largest absolute Gasteiger partial charge is 0.350 e. The standard InChI is InChI=1S/C22H25NO2/c1-16(17-7-3-2-4-8-17)23-22(25)14-13-21(24)20-12-11-18-9-5-6-10-19(18)15-20/h2-4,7-8,11-12,15-16H,5-6,9-10,13-14H2,1H3,(H,23,25)/t16-/m0/s1. The van der Waals surface area contributed by atoms with Crippen molar-refractivity contribution < 1.29 is 9.59 Å². The molecule has 3 heteroatoms. The van der Waals surface area contributed by atoms with E-state index in [1.807, 2.05) is 49.4 Å². The molecule has 0 bridgehead atoms. The lowest BCUT2D eigenvalue weighted by Crippen LogP contribution is -2.26. The molecule has 0 fully saturated rings. The van der Waals surface area contributed by atoms with Gasteiger partial charge < -0.3 is 5.32 Å². The third-order valence-electron chi connectivity index (χ3n) is 4.93. The van der Waals surface area contributed by atoms with E-state index in [9.17, 15) is 9.59 Å². The molecule has 1 aliphatic carbocycles. The highest BCUT2D eigenvalue weighted by atomic mass is 16.2. The maximum Gasteiger partial charge on any atom is 0.220 e. The smallest absolute Gasteiger partial charge is 0.220 e. The summed E-state index contributed by atoms with van der Waals surface area (Å²) in [4.78, 5) is 24.5. The van der Waals surface area contributed by atoms with Crippen molar-refractivity contribution in [2.45, 2.75) is 51.5 Å². The number of carbonyl (C=O) groups excluding carboxylic acids is 2. The minimum absolute atomic E-state index is 0.0486. The first-order chi connectivity index (χ1) is 12.1. The fourth-order valence-corrected chi connectivity index (χ4v) is 3.42. The first-order valence-corrected chi connectivity index (χ1v) is 9.13. The fraction of sp³-hybridized carbons (Fsp3) is 0.364. The first-order valence-electron chi connectivity index (χ1n) is 9.13. The lowest BCUT2D eigenvalue weighted by molar-refractivity contribution is -0.121. The molecule has 0 saturated carbocycles. The van der Waals surface area contributed by atoms with E-state index in [4.69, 9.17) is 0 Å². The molecular formula is C22H25NO2. The quantitative estimate of drug-likeness (QED) is 0.795. The Bertz CT molecular complexity index is 752. The number of ketones is 1. The summed E-state index contributed by atoms with van der Waals surface area (Å²) in [6, 6.07) is 15.8. The van der Waals surface area contributed by atoms with Gasteiger partial charge in [-0.25, -0.2) is 0 Å². The molecule has 3 rings (SSSR count). The lowest BCUT2D eigenvalue weighted by Gasteiger charge is -2.16. The Morgan fingerprint density at radius 2 is 1.68 bits per heavy atom. The summed E-state index contributed by atoms with van der Waals surface area (Å²) in [5.74, 6) is -0.0291.